The van der Waals surface area contributed by atoms with E-state index in [0.29, 0.717) is 5.56 Å². The van der Waals surface area contributed by atoms with Gasteiger partial charge in [0, 0.05) is 24.6 Å². The smallest absolute Gasteiger partial charge is 0.303 e. The van der Waals surface area contributed by atoms with E-state index in [9.17, 15) is 44.4 Å². The van der Waals surface area contributed by atoms with E-state index in [-0.39, 0.29) is 42.7 Å². The number of carbonyl (C=O) groups excluding carboxylic acids is 4. The molecule has 0 saturated carbocycles. The molecule has 0 fully saturated rings. The Morgan fingerprint density at radius 1 is 0.804 bits per heavy atom. The molecule has 0 bridgehead atoms. The van der Waals surface area contributed by atoms with Crippen LogP contribution in [0.5, 0.6) is 0 Å². The standard InChI is InChI=1S/C31H51N5O10/c1-16(2)14-22(34-28(41)25(18(5)6)36-27(40)24(32)17(3)4)26(39)33-19(7)15-30(43,44)31(45,46)29(42)35-21-11-9-8-10-20(21)12-13-23(37)38/h8-11,16-19,22,24-25,43-46H,12-15,32H2,1-7H3,(H,33,39)(H,34,41)(H,35,42)(H,36,40)(H,37,38)/t19?,22-,24-,25-/m0/s1. The number of nitrogens with two attached hydrogens (primary N) is 1. The average molecular weight is 654 g/mol. The average Bonchev–Trinajstić information content (AvgIpc) is 2.93. The number of carboxylic acid groups (broad SMARTS) is 1. The molecule has 0 aliphatic rings. The molecule has 4 amide bonds. The van der Waals surface area contributed by atoms with Gasteiger partial charge in [-0.1, -0.05) is 59.7 Å². The number of aliphatic hydroxyl groups is 4. The third-order valence-electron chi connectivity index (χ3n) is 7.34. The fourth-order valence-electron chi connectivity index (χ4n) is 4.51. The molecule has 11 N–H and O–H groups in total. The van der Waals surface area contributed by atoms with E-state index in [4.69, 9.17) is 10.8 Å². The van der Waals surface area contributed by atoms with Crippen molar-refractivity contribution >= 4 is 35.3 Å². The van der Waals surface area contributed by atoms with Crippen molar-refractivity contribution in [1.29, 1.82) is 0 Å². The highest BCUT2D eigenvalue weighted by Crippen LogP contribution is 2.26. The van der Waals surface area contributed by atoms with E-state index < -0.39 is 71.8 Å². The van der Waals surface area contributed by atoms with Crippen molar-refractivity contribution in [2.75, 3.05) is 5.32 Å². The summed E-state index contributed by atoms with van der Waals surface area (Å²) in [6.45, 7) is 11.9. The fraction of sp³-hybridized carbons (Fsp3) is 0.645. The van der Waals surface area contributed by atoms with Crippen molar-refractivity contribution in [3.05, 3.63) is 29.8 Å². The zero-order chi connectivity index (χ0) is 35.6. The minimum absolute atomic E-state index is 0.00591. The molecule has 1 unspecified atom stereocenters. The Kier molecular flexibility index (Phi) is 15.2. The topological polar surface area (TPSA) is 261 Å². The lowest BCUT2D eigenvalue weighted by Gasteiger charge is -2.35. The number of para-hydroxylation sites is 1. The van der Waals surface area contributed by atoms with E-state index in [2.05, 4.69) is 21.3 Å². The zero-order valence-electron chi connectivity index (χ0n) is 27.5. The first-order valence-electron chi connectivity index (χ1n) is 15.3. The van der Waals surface area contributed by atoms with Gasteiger partial charge >= 0.3 is 11.8 Å². The summed E-state index contributed by atoms with van der Waals surface area (Å²) in [5, 5.41) is 61.1. The highest BCUT2D eigenvalue weighted by molar-refractivity contribution is 5.97. The number of anilines is 1. The number of carboxylic acids is 1. The predicted octanol–water partition coefficient (Wildman–Crippen LogP) is -0.446. The van der Waals surface area contributed by atoms with Gasteiger partial charge in [0.1, 0.15) is 12.1 Å². The largest absolute Gasteiger partial charge is 0.481 e. The molecule has 0 aliphatic carbocycles. The summed E-state index contributed by atoms with van der Waals surface area (Å²) in [6, 6.07) is 1.86. The van der Waals surface area contributed by atoms with Gasteiger partial charge in [-0.2, -0.15) is 0 Å². The number of carbonyl (C=O) groups is 5. The van der Waals surface area contributed by atoms with Crippen molar-refractivity contribution < 1.29 is 49.5 Å². The Labute approximate surface area is 269 Å². The van der Waals surface area contributed by atoms with E-state index >= 15 is 0 Å². The highest BCUT2D eigenvalue weighted by atomic mass is 16.6. The minimum Gasteiger partial charge on any atom is -0.481 e. The monoisotopic (exact) mass is 653 g/mol. The summed E-state index contributed by atoms with van der Waals surface area (Å²) < 4.78 is 0. The molecule has 15 nitrogen and oxygen atoms in total. The van der Waals surface area contributed by atoms with Gasteiger partial charge in [0.25, 0.3) is 5.91 Å². The van der Waals surface area contributed by atoms with Crippen LogP contribution in [-0.2, 0) is 30.4 Å². The second-order valence-corrected chi connectivity index (χ2v) is 12.8. The molecule has 0 aromatic heterocycles. The first-order valence-corrected chi connectivity index (χ1v) is 15.3. The van der Waals surface area contributed by atoms with E-state index in [1.54, 1.807) is 33.8 Å². The van der Waals surface area contributed by atoms with Gasteiger partial charge in [0.15, 0.2) is 0 Å². The van der Waals surface area contributed by atoms with E-state index in [0.717, 1.165) is 0 Å². The summed E-state index contributed by atoms with van der Waals surface area (Å²) >= 11 is 0. The summed E-state index contributed by atoms with van der Waals surface area (Å²) in [4.78, 5) is 62.7. The van der Waals surface area contributed by atoms with Gasteiger partial charge in [-0.25, -0.2) is 0 Å². The molecule has 4 atom stereocenters. The number of rotatable bonds is 18. The third-order valence-corrected chi connectivity index (χ3v) is 7.34. The zero-order valence-corrected chi connectivity index (χ0v) is 27.5. The van der Waals surface area contributed by atoms with Crippen LogP contribution in [0.2, 0.25) is 0 Å². The number of aryl methyl sites for hydroxylation is 1. The van der Waals surface area contributed by atoms with Gasteiger partial charge in [0.05, 0.1) is 6.04 Å². The van der Waals surface area contributed by atoms with Crippen LogP contribution in [0.25, 0.3) is 0 Å². The van der Waals surface area contributed by atoms with Crippen molar-refractivity contribution in [3.63, 3.8) is 0 Å². The van der Waals surface area contributed by atoms with Crippen molar-refractivity contribution in [3.8, 4) is 0 Å². The molecule has 0 radical (unpaired) electrons. The quantitative estimate of drug-likeness (QED) is 0.0908. The summed E-state index contributed by atoms with van der Waals surface area (Å²) in [5.74, 6) is -12.4. The highest BCUT2D eigenvalue weighted by Gasteiger charge is 2.54. The van der Waals surface area contributed by atoms with Gasteiger partial charge in [0.2, 0.25) is 23.5 Å². The van der Waals surface area contributed by atoms with Crippen LogP contribution in [0.4, 0.5) is 5.69 Å². The number of aliphatic carboxylic acids is 1. The molecule has 0 aliphatic heterocycles. The summed E-state index contributed by atoms with van der Waals surface area (Å²) in [5.41, 5.74) is 6.31. The Morgan fingerprint density at radius 2 is 1.39 bits per heavy atom. The number of benzene rings is 1. The molecular formula is C31H51N5O10. The second kappa shape index (κ2) is 17.3. The molecule has 260 valence electrons. The van der Waals surface area contributed by atoms with Crippen molar-refractivity contribution in [2.24, 2.45) is 23.5 Å². The molecule has 46 heavy (non-hydrogen) atoms. The maximum atomic E-state index is 13.3. The van der Waals surface area contributed by atoms with Crippen molar-refractivity contribution in [1.82, 2.24) is 16.0 Å². The van der Waals surface area contributed by atoms with Gasteiger partial charge in [-0.15, -0.1) is 0 Å². The third kappa shape index (κ3) is 11.9. The SMILES string of the molecule is CC(C)C[C@H](NC(=O)[C@@H](NC(=O)[C@@H](N)C(C)C)C(C)C)C(=O)NC(C)CC(O)(O)C(O)(O)C(=O)Nc1ccccc1CCC(=O)O. The minimum atomic E-state index is -3.77. The number of hydrogen-bond donors (Lipinski definition) is 10. The molecule has 0 saturated heterocycles. The lowest BCUT2D eigenvalue weighted by molar-refractivity contribution is -0.338. The molecule has 0 heterocycles. The van der Waals surface area contributed by atoms with Crippen LogP contribution in [0.15, 0.2) is 24.3 Å². The molecule has 1 aromatic carbocycles. The van der Waals surface area contributed by atoms with Gasteiger partial charge < -0.3 is 52.5 Å². The summed E-state index contributed by atoms with van der Waals surface area (Å²) in [6.07, 6.45) is -1.02. The van der Waals surface area contributed by atoms with Crippen LogP contribution in [-0.4, -0.2) is 90.9 Å². The first kappa shape index (κ1) is 40.4. The lowest BCUT2D eigenvalue weighted by atomic mass is 9.96. The maximum Gasteiger partial charge on any atom is 0.303 e. The van der Waals surface area contributed by atoms with E-state index in [1.807, 2.05) is 13.8 Å². The van der Waals surface area contributed by atoms with Crippen LogP contribution < -0.4 is 27.0 Å². The van der Waals surface area contributed by atoms with Gasteiger partial charge in [-0.05, 0) is 49.1 Å². The Bertz CT molecular complexity index is 1220. The Hall–Kier alpha value is -3.63. The van der Waals surface area contributed by atoms with E-state index in [1.165, 1.54) is 25.1 Å². The van der Waals surface area contributed by atoms with Crippen LogP contribution >= 0.6 is 0 Å². The maximum absolute atomic E-state index is 13.3. The normalized spacial score (nSPS) is 14.8. The van der Waals surface area contributed by atoms with Crippen LogP contribution in [0.3, 0.4) is 0 Å². The molecular weight excluding hydrogens is 602 g/mol. The Morgan fingerprint density at radius 3 is 1.91 bits per heavy atom. The first-order chi connectivity index (χ1) is 21.1. The molecule has 1 rings (SSSR count). The summed E-state index contributed by atoms with van der Waals surface area (Å²) in [7, 11) is 0. The fourth-order valence-corrected chi connectivity index (χ4v) is 4.51. The predicted molar refractivity (Wildman–Crippen MR) is 169 cm³/mol. The number of amides is 4. The van der Waals surface area contributed by atoms with Gasteiger partial charge in [-0.3, -0.25) is 24.0 Å². The Balaban J connectivity index is 3.03. The number of nitrogens with one attached hydrogen (secondary N) is 4. The molecule has 1 aromatic rings. The molecule has 0 spiro atoms. The molecule has 15 heteroatoms. The second-order valence-electron chi connectivity index (χ2n) is 12.8. The van der Waals surface area contributed by atoms with Crippen LogP contribution in [0, 0.1) is 17.8 Å². The lowest BCUT2D eigenvalue weighted by Crippen LogP contribution is -2.63. The number of hydrogen-bond acceptors (Lipinski definition) is 10. The van der Waals surface area contributed by atoms with Crippen LogP contribution in [0.1, 0.15) is 73.3 Å². The van der Waals surface area contributed by atoms with Crippen molar-refractivity contribution in [2.45, 2.75) is 110 Å².